The molecule has 2 aromatic rings. The van der Waals surface area contributed by atoms with E-state index in [9.17, 15) is 4.79 Å². The number of carbonyl (C=O) groups is 1. The lowest BCUT2D eigenvalue weighted by molar-refractivity contribution is 0.0939. The quantitative estimate of drug-likeness (QED) is 0.741. The van der Waals surface area contributed by atoms with Gasteiger partial charge in [0.25, 0.3) is 5.91 Å². The Morgan fingerprint density at radius 2 is 1.75 bits per heavy atom. The second-order valence-electron chi connectivity index (χ2n) is 5.25. The van der Waals surface area contributed by atoms with Crippen molar-refractivity contribution in [3.8, 4) is 11.5 Å². The zero-order chi connectivity index (χ0) is 17.5. The third-order valence-corrected chi connectivity index (χ3v) is 4.23. The van der Waals surface area contributed by atoms with Crippen molar-refractivity contribution < 1.29 is 14.3 Å². The van der Waals surface area contributed by atoms with Crippen molar-refractivity contribution in [3.63, 3.8) is 0 Å². The molecule has 0 heterocycles. The Bertz CT molecular complexity index is 703. The average molecular weight is 392 g/mol. The van der Waals surface area contributed by atoms with Gasteiger partial charge in [-0.3, -0.25) is 4.79 Å². The SMILES string of the molecule is CCOc1ccc(C(C)NC(=O)c2ccccc2Br)cc1OCC. The summed E-state index contributed by atoms with van der Waals surface area (Å²) in [7, 11) is 0. The van der Waals surface area contributed by atoms with Gasteiger partial charge in [0.2, 0.25) is 0 Å². The first-order valence-electron chi connectivity index (χ1n) is 8.01. The molecule has 2 aromatic carbocycles. The molecule has 0 saturated carbocycles. The normalized spacial score (nSPS) is 11.7. The maximum absolute atomic E-state index is 12.4. The van der Waals surface area contributed by atoms with Gasteiger partial charge in [-0.15, -0.1) is 0 Å². The summed E-state index contributed by atoms with van der Waals surface area (Å²) in [5.41, 5.74) is 1.57. The molecular formula is C19H22BrNO3. The monoisotopic (exact) mass is 391 g/mol. The van der Waals surface area contributed by atoms with E-state index in [0.717, 1.165) is 10.0 Å². The molecule has 1 unspecified atom stereocenters. The Morgan fingerprint density at radius 1 is 1.08 bits per heavy atom. The number of hydrogen-bond donors (Lipinski definition) is 1. The van der Waals surface area contributed by atoms with Gasteiger partial charge in [-0.05, 0) is 66.5 Å². The van der Waals surface area contributed by atoms with Gasteiger partial charge >= 0.3 is 0 Å². The van der Waals surface area contributed by atoms with Crippen molar-refractivity contribution in [3.05, 3.63) is 58.1 Å². The Morgan fingerprint density at radius 3 is 2.42 bits per heavy atom. The van der Waals surface area contributed by atoms with Gasteiger partial charge in [-0.1, -0.05) is 18.2 Å². The number of rotatable bonds is 7. The molecule has 0 aliphatic rings. The van der Waals surface area contributed by atoms with E-state index in [1.54, 1.807) is 6.07 Å². The molecule has 0 aliphatic heterocycles. The second kappa shape index (κ2) is 8.73. The predicted molar refractivity (Wildman–Crippen MR) is 98.8 cm³/mol. The lowest BCUT2D eigenvalue weighted by Crippen LogP contribution is -2.27. The van der Waals surface area contributed by atoms with Crippen LogP contribution in [0.2, 0.25) is 0 Å². The summed E-state index contributed by atoms with van der Waals surface area (Å²) in [5.74, 6) is 1.29. The summed E-state index contributed by atoms with van der Waals surface area (Å²) in [6.45, 7) is 6.94. The summed E-state index contributed by atoms with van der Waals surface area (Å²) in [5, 5.41) is 3.01. The minimum atomic E-state index is -0.153. The largest absolute Gasteiger partial charge is 0.490 e. The van der Waals surface area contributed by atoms with Crippen molar-refractivity contribution in [2.24, 2.45) is 0 Å². The number of amides is 1. The first-order chi connectivity index (χ1) is 11.6. The van der Waals surface area contributed by atoms with E-state index in [0.29, 0.717) is 30.3 Å². The Hall–Kier alpha value is -2.01. The summed E-state index contributed by atoms with van der Waals surface area (Å²) >= 11 is 3.40. The third kappa shape index (κ3) is 4.51. The van der Waals surface area contributed by atoms with Crippen LogP contribution in [-0.4, -0.2) is 19.1 Å². The van der Waals surface area contributed by atoms with E-state index >= 15 is 0 Å². The molecule has 2 rings (SSSR count). The average Bonchev–Trinajstić information content (AvgIpc) is 2.57. The number of hydrogen-bond acceptors (Lipinski definition) is 3. The lowest BCUT2D eigenvalue weighted by Gasteiger charge is -2.18. The van der Waals surface area contributed by atoms with Crippen LogP contribution in [0.25, 0.3) is 0 Å². The fourth-order valence-electron chi connectivity index (χ4n) is 2.34. The van der Waals surface area contributed by atoms with Gasteiger partial charge in [0.1, 0.15) is 0 Å². The maximum Gasteiger partial charge on any atom is 0.252 e. The van der Waals surface area contributed by atoms with Crippen LogP contribution < -0.4 is 14.8 Å². The highest BCUT2D eigenvalue weighted by Crippen LogP contribution is 2.31. The molecule has 4 nitrogen and oxygen atoms in total. The predicted octanol–water partition coefficient (Wildman–Crippen LogP) is 4.74. The number of nitrogens with one attached hydrogen (secondary N) is 1. The standard InChI is InChI=1S/C19H22BrNO3/c1-4-23-17-11-10-14(12-18(17)24-5-2)13(3)21-19(22)15-8-6-7-9-16(15)20/h6-13H,4-5H2,1-3H3,(H,21,22). The molecule has 0 bridgehead atoms. The van der Waals surface area contributed by atoms with Gasteiger partial charge in [0.05, 0.1) is 24.8 Å². The van der Waals surface area contributed by atoms with E-state index < -0.39 is 0 Å². The minimum absolute atomic E-state index is 0.123. The summed E-state index contributed by atoms with van der Waals surface area (Å²) in [4.78, 5) is 12.4. The van der Waals surface area contributed by atoms with Crippen LogP contribution in [-0.2, 0) is 0 Å². The second-order valence-corrected chi connectivity index (χ2v) is 6.10. The first-order valence-corrected chi connectivity index (χ1v) is 8.81. The van der Waals surface area contributed by atoms with E-state index in [1.807, 2.05) is 57.2 Å². The molecule has 1 N–H and O–H groups in total. The molecule has 1 amide bonds. The number of halogens is 1. The highest BCUT2D eigenvalue weighted by atomic mass is 79.9. The molecule has 128 valence electrons. The Labute approximate surface area is 151 Å². The molecule has 0 saturated heterocycles. The number of carbonyl (C=O) groups excluding carboxylic acids is 1. The van der Waals surface area contributed by atoms with Crippen LogP contribution in [0.1, 0.15) is 42.7 Å². The summed E-state index contributed by atoms with van der Waals surface area (Å²) in [6, 6.07) is 12.9. The van der Waals surface area contributed by atoms with Crippen LogP contribution >= 0.6 is 15.9 Å². The first kappa shape index (κ1) is 18.3. The van der Waals surface area contributed by atoms with Gasteiger partial charge in [0, 0.05) is 4.47 Å². The topological polar surface area (TPSA) is 47.6 Å². The fourth-order valence-corrected chi connectivity index (χ4v) is 2.80. The number of ether oxygens (including phenoxy) is 2. The molecular weight excluding hydrogens is 370 g/mol. The lowest BCUT2D eigenvalue weighted by atomic mass is 10.1. The summed E-state index contributed by atoms with van der Waals surface area (Å²) < 4.78 is 12.0. The molecule has 1 atom stereocenters. The maximum atomic E-state index is 12.4. The van der Waals surface area contributed by atoms with E-state index in [2.05, 4.69) is 21.2 Å². The van der Waals surface area contributed by atoms with Gasteiger partial charge in [-0.2, -0.15) is 0 Å². The molecule has 24 heavy (non-hydrogen) atoms. The van der Waals surface area contributed by atoms with E-state index in [-0.39, 0.29) is 11.9 Å². The van der Waals surface area contributed by atoms with Crippen molar-refractivity contribution in [2.45, 2.75) is 26.8 Å². The zero-order valence-corrected chi connectivity index (χ0v) is 15.7. The van der Waals surface area contributed by atoms with Crippen molar-refractivity contribution in [1.82, 2.24) is 5.32 Å². The molecule has 5 heteroatoms. The zero-order valence-electron chi connectivity index (χ0n) is 14.1. The smallest absolute Gasteiger partial charge is 0.252 e. The van der Waals surface area contributed by atoms with Crippen molar-refractivity contribution in [2.75, 3.05) is 13.2 Å². The van der Waals surface area contributed by atoms with Gasteiger partial charge in [-0.25, -0.2) is 0 Å². The fraction of sp³-hybridized carbons (Fsp3) is 0.316. The van der Waals surface area contributed by atoms with Gasteiger partial charge in [0.15, 0.2) is 11.5 Å². The van der Waals surface area contributed by atoms with Gasteiger partial charge < -0.3 is 14.8 Å². The Kier molecular flexibility index (Phi) is 6.67. The van der Waals surface area contributed by atoms with E-state index in [4.69, 9.17) is 9.47 Å². The van der Waals surface area contributed by atoms with Crippen LogP contribution in [0.15, 0.2) is 46.9 Å². The molecule has 0 fully saturated rings. The van der Waals surface area contributed by atoms with E-state index in [1.165, 1.54) is 0 Å². The van der Waals surface area contributed by atoms with Crippen molar-refractivity contribution >= 4 is 21.8 Å². The third-order valence-electron chi connectivity index (χ3n) is 3.53. The highest BCUT2D eigenvalue weighted by molar-refractivity contribution is 9.10. The highest BCUT2D eigenvalue weighted by Gasteiger charge is 2.15. The molecule has 0 spiro atoms. The van der Waals surface area contributed by atoms with Crippen LogP contribution in [0.3, 0.4) is 0 Å². The molecule has 0 radical (unpaired) electrons. The molecule has 0 aromatic heterocycles. The Balaban J connectivity index is 2.17. The van der Waals surface area contributed by atoms with Crippen molar-refractivity contribution in [1.29, 1.82) is 0 Å². The summed E-state index contributed by atoms with van der Waals surface area (Å²) in [6.07, 6.45) is 0. The van der Waals surface area contributed by atoms with Crippen LogP contribution in [0.4, 0.5) is 0 Å². The minimum Gasteiger partial charge on any atom is -0.490 e. The van der Waals surface area contributed by atoms with Crippen LogP contribution in [0, 0.1) is 0 Å². The van der Waals surface area contributed by atoms with Crippen LogP contribution in [0.5, 0.6) is 11.5 Å². The number of benzene rings is 2. The molecule has 0 aliphatic carbocycles.